The lowest BCUT2D eigenvalue weighted by Gasteiger charge is -2.21. The fourth-order valence-electron chi connectivity index (χ4n) is 3.01. The molecule has 27 heavy (non-hydrogen) atoms. The predicted molar refractivity (Wildman–Crippen MR) is 108 cm³/mol. The average molecular weight is 363 g/mol. The molecule has 2 atom stereocenters. The van der Waals surface area contributed by atoms with Crippen LogP contribution in [0.5, 0.6) is 11.5 Å². The van der Waals surface area contributed by atoms with Crippen molar-refractivity contribution in [1.29, 1.82) is 0 Å². The molecule has 0 aliphatic rings. The lowest BCUT2D eigenvalue weighted by molar-refractivity contribution is -0.128. The summed E-state index contributed by atoms with van der Waals surface area (Å²) in [7, 11) is 1.64. The number of ether oxygens (including phenoxy) is 2. The first kappa shape index (κ1) is 18.8. The van der Waals surface area contributed by atoms with Gasteiger partial charge in [-0.3, -0.25) is 4.79 Å². The fourth-order valence-corrected chi connectivity index (χ4v) is 3.01. The molecule has 0 bridgehead atoms. The highest BCUT2D eigenvalue weighted by atomic mass is 16.5. The summed E-state index contributed by atoms with van der Waals surface area (Å²) in [4.78, 5) is 12.7. The number of rotatable bonds is 7. The molecule has 0 fully saturated rings. The number of benzene rings is 3. The van der Waals surface area contributed by atoms with E-state index in [1.54, 1.807) is 7.11 Å². The Morgan fingerprint density at radius 1 is 0.963 bits per heavy atom. The molecule has 3 rings (SSSR count). The van der Waals surface area contributed by atoms with Crippen molar-refractivity contribution in [2.24, 2.45) is 0 Å². The Morgan fingerprint density at radius 3 is 2.30 bits per heavy atom. The van der Waals surface area contributed by atoms with E-state index in [1.165, 1.54) is 0 Å². The molecule has 140 valence electrons. The Hall–Kier alpha value is -3.01. The maximum Gasteiger partial charge on any atom is 0.261 e. The summed E-state index contributed by atoms with van der Waals surface area (Å²) in [5.74, 6) is 1.38. The molecule has 0 spiro atoms. The van der Waals surface area contributed by atoms with Crippen molar-refractivity contribution in [2.75, 3.05) is 7.11 Å². The molecule has 4 nitrogen and oxygen atoms in total. The molecular weight excluding hydrogens is 338 g/mol. The smallest absolute Gasteiger partial charge is 0.261 e. The Bertz CT molecular complexity index is 905. The summed E-state index contributed by atoms with van der Waals surface area (Å²) in [5.41, 5.74) is 1.02. The Kier molecular flexibility index (Phi) is 5.97. The van der Waals surface area contributed by atoms with Gasteiger partial charge in [0.05, 0.1) is 13.2 Å². The van der Waals surface area contributed by atoms with Gasteiger partial charge in [-0.2, -0.15) is 0 Å². The van der Waals surface area contributed by atoms with E-state index >= 15 is 0 Å². The monoisotopic (exact) mass is 363 g/mol. The van der Waals surface area contributed by atoms with Gasteiger partial charge in [0.1, 0.15) is 11.5 Å². The molecule has 0 saturated carbocycles. The van der Waals surface area contributed by atoms with Crippen LogP contribution in [-0.4, -0.2) is 19.1 Å². The van der Waals surface area contributed by atoms with Gasteiger partial charge in [0.25, 0.3) is 5.91 Å². The number of methoxy groups -OCH3 is 1. The van der Waals surface area contributed by atoms with Gasteiger partial charge in [0.2, 0.25) is 0 Å². The van der Waals surface area contributed by atoms with E-state index < -0.39 is 6.10 Å². The molecule has 0 aromatic heterocycles. The minimum atomic E-state index is -0.535. The predicted octanol–water partition coefficient (Wildman–Crippen LogP) is 4.88. The lowest BCUT2D eigenvalue weighted by Crippen LogP contribution is -2.39. The van der Waals surface area contributed by atoms with Crippen LogP contribution in [-0.2, 0) is 4.79 Å². The Labute approximate surface area is 160 Å². The van der Waals surface area contributed by atoms with Crippen LogP contribution < -0.4 is 14.8 Å². The van der Waals surface area contributed by atoms with Gasteiger partial charge in [0, 0.05) is 0 Å². The van der Waals surface area contributed by atoms with Crippen LogP contribution in [0.3, 0.4) is 0 Å². The highest BCUT2D eigenvalue weighted by Gasteiger charge is 2.21. The first-order valence-electron chi connectivity index (χ1n) is 9.20. The largest absolute Gasteiger partial charge is 0.497 e. The molecule has 4 heteroatoms. The summed E-state index contributed by atoms with van der Waals surface area (Å²) in [6.07, 6.45) is 0.0559. The van der Waals surface area contributed by atoms with Crippen LogP contribution in [0.1, 0.15) is 31.9 Å². The number of nitrogens with one attached hydrogen (secondary N) is 1. The SMILES string of the molecule is CC[C@H](Oc1ccc2ccccc2c1)C(=O)N[C@H](C)c1ccc(OC)cc1. The molecule has 1 N–H and O–H groups in total. The Morgan fingerprint density at radius 2 is 1.63 bits per heavy atom. The van der Waals surface area contributed by atoms with Gasteiger partial charge in [-0.05, 0) is 53.9 Å². The van der Waals surface area contributed by atoms with Gasteiger partial charge in [-0.25, -0.2) is 0 Å². The summed E-state index contributed by atoms with van der Waals surface area (Å²) in [5, 5.41) is 5.28. The minimum absolute atomic E-state index is 0.113. The van der Waals surface area contributed by atoms with Crippen LogP contribution >= 0.6 is 0 Å². The molecule has 0 unspecified atom stereocenters. The number of carbonyl (C=O) groups excluding carboxylic acids is 1. The van der Waals surface area contributed by atoms with Gasteiger partial charge in [0.15, 0.2) is 6.10 Å². The molecule has 3 aromatic carbocycles. The van der Waals surface area contributed by atoms with Crippen molar-refractivity contribution in [3.63, 3.8) is 0 Å². The van der Waals surface area contributed by atoms with Crippen LogP contribution in [0.2, 0.25) is 0 Å². The normalized spacial score (nSPS) is 13.0. The molecular formula is C23H25NO3. The third kappa shape index (κ3) is 4.59. The second kappa shape index (κ2) is 8.58. The number of carbonyl (C=O) groups is 1. The molecule has 0 aliphatic heterocycles. The Balaban J connectivity index is 1.67. The first-order valence-corrected chi connectivity index (χ1v) is 9.20. The van der Waals surface area contributed by atoms with E-state index in [-0.39, 0.29) is 11.9 Å². The quantitative estimate of drug-likeness (QED) is 0.650. The lowest BCUT2D eigenvalue weighted by atomic mass is 10.1. The molecule has 3 aromatic rings. The van der Waals surface area contributed by atoms with E-state index in [2.05, 4.69) is 11.4 Å². The van der Waals surface area contributed by atoms with E-state index in [1.807, 2.05) is 74.5 Å². The second-order valence-electron chi connectivity index (χ2n) is 6.53. The third-order valence-electron chi connectivity index (χ3n) is 4.64. The highest BCUT2D eigenvalue weighted by molar-refractivity contribution is 5.84. The van der Waals surface area contributed by atoms with Crippen LogP contribution in [0, 0.1) is 0 Å². The van der Waals surface area contributed by atoms with E-state index in [0.717, 1.165) is 22.1 Å². The molecule has 0 aliphatic carbocycles. The van der Waals surface area contributed by atoms with E-state index in [0.29, 0.717) is 12.2 Å². The zero-order chi connectivity index (χ0) is 19.2. The van der Waals surface area contributed by atoms with Crippen molar-refractivity contribution in [1.82, 2.24) is 5.32 Å². The number of amides is 1. The van der Waals surface area contributed by atoms with Crippen molar-refractivity contribution >= 4 is 16.7 Å². The van der Waals surface area contributed by atoms with Crippen molar-refractivity contribution in [3.05, 3.63) is 72.3 Å². The topological polar surface area (TPSA) is 47.6 Å². The average Bonchev–Trinajstić information content (AvgIpc) is 2.71. The first-order chi connectivity index (χ1) is 13.1. The number of hydrogen-bond acceptors (Lipinski definition) is 3. The molecule has 0 heterocycles. The van der Waals surface area contributed by atoms with Crippen molar-refractivity contribution in [2.45, 2.75) is 32.4 Å². The van der Waals surface area contributed by atoms with Crippen LogP contribution in [0.4, 0.5) is 0 Å². The van der Waals surface area contributed by atoms with Gasteiger partial charge >= 0.3 is 0 Å². The number of fused-ring (bicyclic) bond motifs is 1. The summed E-state index contributed by atoms with van der Waals surface area (Å²) in [6, 6.07) is 21.6. The summed E-state index contributed by atoms with van der Waals surface area (Å²) in [6.45, 7) is 3.91. The van der Waals surface area contributed by atoms with Crippen LogP contribution in [0.15, 0.2) is 66.7 Å². The maximum atomic E-state index is 12.7. The van der Waals surface area contributed by atoms with Gasteiger partial charge in [-0.1, -0.05) is 49.4 Å². The van der Waals surface area contributed by atoms with Crippen LogP contribution in [0.25, 0.3) is 10.8 Å². The van der Waals surface area contributed by atoms with Crippen molar-refractivity contribution in [3.8, 4) is 11.5 Å². The summed E-state index contributed by atoms with van der Waals surface area (Å²) < 4.78 is 11.1. The van der Waals surface area contributed by atoms with Gasteiger partial charge in [-0.15, -0.1) is 0 Å². The third-order valence-corrected chi connectivity index (χ3v) is 4.64. The number of hydrogen-bond donors (Lipinski definition) is 1. The maximum absolute atomic E-state index is 12.7. The molecule has 1 amide bonds. The standard InChI is InChI=1S/C23H25NO3/c1-4-22(27-21-14-11-18-7-5-6-8-19(18)15-21)23(25)24-16(2)17-9-12-20(26-3)13-10-17/h5-16,22H,4H2,1-3H3,(H,24,25)/t16-,22+/m1/s1. The highest BCUT2D eigenvalue weighted by Crippen LogP contribution is 2.23. The van der Waals surface area contributed by atoms with Gasteiger partial charge < -0.3 is 14.8 Å². The molecule has 0 saturated heterocycles. The zero-order valence-electron chi connectivity index (χ0n) is 15.9. The zero-order valence-corrected chi connectivity index (χ0v) is 15.9. The minimum Gasteiger partial charge on any atom is -0.497 e. The summed E-state index contributed by atoms with van der Waals surface area (Å²) >= 11 is 0. The van der Waals surface area contributed by atoms with E-state index in [4.69, 9.17) is 9.47 Å². The molecule has 0 radical (unpaired) electrons. The second-order valence-corrected chi connectivity index (χ2v) is 6.53. The van der Waals surface area contributed by atoms with Crippen molar-refractivity contribution < 1.29 is 14.3 Å². The van der Waals surface area contributed by atoms with E-state index in [9.17, 15) is 4.79 Å². The fraction of sp³-hybridized carbons (Fsp3) is 0.261.